The topological polar surface area (TPSA) is 79.7 Å². The Balaban J connectivity index is 1.83. The van der Waals surface area contributed by atoms with E-state index in [4.69, 9.17) is 4.74 Å². The molecule has 1 N–H and O–H groups in total. The Morgan fingerprint density at radius 2 is 2.07 bits per heavy atom. The van der Waals surface area contributed by atoms with Crippen LogP contribution in [0.25, 0.3) is 5.76 Å². The summed E-state index contributed by atoms with van der Waals surface area (Å²) >= 11 is 4.82. The molecule has 1 unspecified atom stereocenters. The fraction of sp³-hybridized carbons (Fsp3) is 0.136. The van der Waals surface area contributed by atoms with Crippen LogP contribution in [0.4, 0.5) is 0 Å². The van der Waals surface area contributed by atoms with Crippen molar-refractivity contribution in [2.45, 2.75) is 12.6 Å². The van der Waals surface area contributed by atoms with Gasteiger partial charge in [0.1, 0.15) is 17.6 Å². The van der Waals surface area contributed by atoms with E-state index < -0.39 is 17.7 Å². The molecule has 1 aliphatic rings. The predicted octanol–water partition coefficient (Wildman–Crippen LogP) is 4.54. The highest BCUT2D eigenvalue weighted by atomic mass is 79.9. The van der Waals surface area contributed by atoms with Crippen LogP contribution in [0, 0.1) is 0 Å². The van der Waals surface area contributed by atoms with Gasteiger partial charge in [0.2, 0.25) is 0 Å². The van der Waals surface area contributed by atoms with Crippen LogP contribution in [0.5, 0.6) is 5.75 Å². The summed E-state index contributed by atoms with van der Waals surface area (Å²) in [5.74, 6) is -1.00. The molecule has 2 aromatic heterocycles. The summed E-state index contributed by atoms with van der Waals surface area (Å²) in [5.41, 5.74) is 1.14. The first-order valence-electron chi connectivity index (χ1n) is 9.07. The van der Waals surface area contributed by atoms with Gasteiger partial charge in [-0.3, -0.25) is 14.6 Å². The zero-order chi connectivity index (χ0) is 21.3. The number of Topliss-reactive ketones (excluding diaryl/α,β-unsaturated/α-hetero) is 1. The molecule has 4 rings (SSSR count). The highest BCUT2D eigenvalue weighted by Crippen LogP contribution is 2.42. The van der Waals surface area contributed by atoms with Gasteiger partial charge in [-0.15, -0.1) is 11.3 Å². The molecule has 1 atom stereocenters. The van der Waals surface area contributed by atoms with Crippen LogP contribution in [-0.2, 0) is 16.1 Å². The first-order chi connectivity index (χ1) is 14.5. The standard InChI is InChI=1S/C22H17BrN2O4S/c1-29-16-8-7-13(11-15(16)23)20(26)18-19(17-6-4-10-30-17)25(22(28)21(18)27)12-14-5-2-3-9-24-14/h2-11,19,26H,12H2,1H3/b20-18-. The Kier molecular flexibility index (Phi) is 5.69. The second kappa shape index (κ2) is 8.41. The van der Waals surface area contributed by atoms with Crippen LogP contribution in [0.3, 0.4) is 0 Å². The molecule has 1 aromatic carbocycles. The summed E-state index contributed by atoms with van der Waals surface area (Å²) in [6.45, 7) is 0.164. The maximum atomic E-state index is 13.0. The van der Waals surface area contributed by atoms with Crippen LogP contribution in [0.2, 0.25) is 0 Å². The van der Waals surface area contributed by atoms with Gasteiger partial charge in [-0.1, -0.05) is 12.1 Å². The molecule has 3 heterocycles. The van der Waals surface area contributed by atoms with Gasteiger partial charge in [0.25, 0.3) is 11.7 Å². The number of methoxy groups -OCH3 is 1. The van der Waals surface area contributed by atoms with Crippen LogP contribution in [0.15, 0.2) is 70.2 Å². The third kappa shape index (κ3) is 3.64. The Morgan fingerprint density at radius 1 is 1.23 bits per heavy atom. The SMILES string of the molecule is COc1ccc(/C(O)=C2/C(=O)C(=O)N(Cc3ccccn3)C2c2cccs2)cc1Br. The van der Waals surface area contributed by atoms with Crippen molar-refractivity contribution >= 4 is 44.7 Å². The quantitative estimate of drug-likeness (QED) is 0.326. The molecule has 152 valence electrons. The number of ketones is 1. The number of aromatic nitrogens is 1. The first kappa shape index (κ1) is 20.3. The molecule has 8 heteroatoms. The van der Waals surface area contributed by atoms with Crippen molar-refractivity contribution < 1.29 is 19.4 Å². The van der Waals surface area contributed by atoms with Gasteiger partial charge >= 0.3 is 0 Å². The summed E-state index contributed by atoms with van der Waals surface area (Å²) in [6, 6.07) is 13.4. The lowest BCUT2D eigenvalue weighted by atomic mass is 10.00. The molecule has 6 nitrogen and oxygen atoms in total. The molecule has 1 aliphatic heterocycles. The zero-order valence-electron chi connectivity index (χ0n) is 15.9. The number of pyridine rings is 1. The van der Waals surface area contributed by atoms with E-state index in [9.17, 15) is 14.7 Å². The molecule has 1 fully saturated rings. The van der Waals surface area contributed by atoms with E-state index in [0.29, 0.717) is 21.5 Å². The zero-order valence-corrected chi connectivity index (χ0v) is 18.3. The van der Waals surface area contributed by atoms with Crippen LogP contribution in [0.1, 0.15) is 22.2 Å². The molecular formula is C22H17BrN2O4S. The lowest BCUT2D eigenvalue weighted by molar-refractivity contribution is -0.140. The van der Waals surface area contributed by atoms with Gasteiger partial charge in [-0.25, -0.2) is 0 Å². The lowest BCUT2D eigenvalue weighted by Crippen LogP contribution is -2.29. The van der Waals surface area contributed by atoms with Crippen molar-refractivity contribution in [1.82, 2.24) is 9.88 Å². The van der Waals surface area contributed by atoms with E-state index in [1.54, 1.807) is 43.6 Å². The molecule has 0 spiro atoms. The molecule has 0 bridgehead atoms. The predicted molar refractivity (Wildman–Crippen MR) is 117 cm³/mol. The minimum Gasteiger partial charge on any atom is -0.507 e. The Hall–Kier alpha value is -2.97. The van der Waals surface area contributed by atoms with Crippen molar-refractivity contribution in [2.24, 2.45) is 0 Å². The van der Waals surface area contributed by atoms with Crippen molar-refractivity contribution in [3.63, 3.8) is 0 Å². The Morgan fingerprint density at radius 3 is 2.70 bits per heavy atom. The third-order valence-electron chi connectivity index (χ3n) is 4.84. The maximum absolute atomic E-state index is 13.0. The number of carbonyl (C=O) groups excluding carboxylic acids is 2. The van der Waals surface area contributed by atoms with E-state index in [-0.39, 0.29) is 17.9 Å². The monoisotopic (exact) mass is 484 g/mol. The molecule has 0 radical (unpaired) electrons. The largest absolute Gasteiger partial charge is 0.507 e. The maximum Gasteiger partial charge on any atom is 0.296 e. The first-order valence-corrected chi connectivity index (χ1v) is 10.7. The number of carbonyl (C=O) groups is 2. The van der Waals surface area contributed by atoms with Crippen molar-refractivity contribution in [3.8, 4) is 5.75 Å². The number of halogens is 1. The van der Waals surface area contributed by atoms with Gasteiger partial charge < -0.3 is 14.7 Å². The average Bonchev–Trinajstić information content (AvgIpc) is 3.37. The molecule has 1 amide bonds. The number of amides is 1. The number of thiophene rings is 1. The summed E-state index contributed by atoms with van der Waals surface area (Å²) < 4.78 is 5.86. The third-order valence-corrected chi connectivity index (χ3v) is 6.38. The number of benzene rings is 1. The van der Waals surface area contributed by atoms with Crippen molar-refractivity contribution in [2.75, 3.05) is 7.11 Å². The summed E-state index contributed by atoms with van der Waals surface area (Å²) in [5, 5.41) is 12.9. The molecule has 0 saturated carbocycles. The smallest absolute Gasteiger partial charge is 0.296 e. The Labute approximate surface area is 185 Å². The number of ether oxygens (including phenoxy) is 1. The highest BCUT2D eigenvalue weighted by Gasteiger charge is 2.46. The Bertz CT molecular complexity index is 1130. The second-order valence-electron chi connectivity index (χ2n) is 6.61. The van der Waals surface area contributed by atoms with Crippen LogP contribution in [-0.4, -0.2) is 33.8 Å². The normalized spacial score (nSPS) is 18.1. The second-order valence-corrected chi connectivity index (χ2v) is 8.45. The molecule has 0 aliphatic carbocycles. The number of hydrogen-bond donors (Lipinski definition) is 1. The van der Waals surface area contributed by atoms with Crippen LogP contribution < -0.4 is 4.74 Å². The number of nitrogens with zero attached hydrogens (tertiary/aromatic N) is 2. The fourth-order valence-electron chi connectivity index (χ4n) is 3.42. The summed E-state index contributed by atoms with van der Waals surface area (Å²) in [7, 11) is 1.54. The average molecular weight is 485 g/mol. The number of likely N-dealkylation sites (tertiary alicyclic amines) is 1. The van der Waals surface area contributed by atoms with Crippen molar-refractivity contribution in [1.29, 1.82) is 0 Å². The number of aliphatic hydroxyl groups is 1. The summed E-state index contributed by atoms with van der Waals surface area (Å²) in [6.07, 6.45) is 1.64. The minimum atomic E-state index is -0.714. The van der Waals surface area contributed by atoms with Crippen molar-refractivity contribution in [3.05, 3.63) is 86.3 Å². The van der Waals surface area contributed by atoms with Gasteiger partial charge in [-0.05, 0) is 57.7 Å². The van der Waals surface area contributed by atoms with Gasteiger partial charge in [0.05, 0.1) is 29.4 Å². The molecule has 3 aromatic rings. The van der Waals surface area contributed by atoms with Gasteiger partial charge in [-0.2, -0.15) is 0 Å². The van der Waals surface area contributed by atoms with Crippen LogP contribution >= 0.6 is 27.3 Å². The molecular weight excluding hydrogens is 468 g/mol. The van der Waals surface area contributed by atoms with Gasteiger partial charge in [0.15, 0.2) is 0 Å². The fourth-order valence-corrected chi connectivity index (χ4v) is 4.81. The lowest BCUT2D eigenvalue weighted by Gasteiger charge is -2.23. The molecule has 30 heavy (non-hydrogen) atoms. The van der Waals surface area contributed by atoms with E-state index in [1.165, 1.54) is 16.2 Å². The number of rotatable bonds is 5. The van der Waals surface area contributed by atoms with Gasteiger partial charge in [0, 0.05) is 16.6 Å². The van der Waals surface area contributed by atoms with E-state index >= 15 is 0 Å². The van der Waals surface area contributed by atoms with E-state index in [0.717, 1.165) is 4.88 Å². The summed E-state index contributed by atoms with van der Waals surface area (Å²) in [4.78, 5) is 32.4. The highest BCUT2D eigenvalue weighted by molar-refractivity contribution is 9.10. The van der Waals surface area contributed by atoms with E-state index in [1.807, 2.05) is 23.6 Å². The number of hydrogen-bond acceptors (Lipinski definition) is 6. The molecule has 1 saturated heterocycles. The minimum absolute atomic E-state index is 0.0652. The van der Waals surface area contributed by atoms with E-state index in [2.05, 4.69) is 20.9 Å². The number of aliphatic hydroxyl groups excluding tert-OH is 1.